The molecule has 0 aliphatic carbocycles. The minimum absolute atomic E-state index is 0.0183. The first-order valence-corrected chi connectivity index (χ1v) is 10.1. The van der Waals surface area contributed by atoms with E-state index in [9.17, 15) is 9.18 Å². The summed E-state index contributed by atoms with van der Waals surface area (Å²) in [6.07, 6.45) is 2.71. The summed E-state index contributed by atoms with van der Waals surface area (Å²) in [7, 11) is 0. The summed E-state index contributed by atoms with van der Waals surface area (Å²) in [6.45, 7) is 13.4. The van der Waals surface area contributed by atoms with Crippen LogP contribution >= 0.6 is 0 Å². The van der Waals surface area contributed by atoms with Crippen molar-refractivity contribution >= 4 is 17.8 Å². The van der Waals surface area contributed by atoms with Crippen LogP contribution in [0.25, 0.3) is 0 Å². The molecule has 3 rings (SSSR count). The van der Waals surface area contributed by atoms with E-state index in [1.165, 1.54) is 23.4 Å². The fourth-order valence-corrected chi connectivity index (χ4v) is 4.60. The second-order valence-corrected chi connectivity index (χ2v) is 8.83. The molecule has 154 valence electrons. The van der Waals surface area contributed by atoms with E-state index in [1.807, 2.05) is 6.92 Å². The average Bonchev–Trinajstić information content (AvgIpc) is 2.61. The standard InChI is InChI=1S/C24H30FN3O/c1-15(2)28-22-11-16(3)18(12-20(22)17(4)13-24(28,5)6)14-26-27-23(29)19-9-7-8-10-21(19)25/h7-12,14-15,17H,13H2,1-6H3,(H,27,29)/b26-14-/t17-/m1/s1. The number of hydrogen-bond acceptors (Lipinski definition) is 3. The van der Waals surface area contributed by atoms with Gasteiger partial charge in [0.15, 0.2) is 0 Å². The largest absolute Gasteiger partial charge is 0.364 e. The van der Waals surface area contributed by atoms with Gasteiger partial charge in [-0.15, -0.1) is 0 Å². The first-order chi connectivity index (χ1) is 13.6. The van der Waals surface area contributed by atoms with Crippen molar-refractivity contribution < 1.29 is 9.18 Å². The number of nitrogens with one attached hydrogen (secondary N) is 1. The molecular weight excluding hydrogens is 365 g/mol. The second-order valence-electron chi connectivity index (χ2n) is 8.83. The van der Waals surface area contributed by atoms with Crippen molar-refractivity contribution in [1.29, 1.82) is 0 Å². The van der Waals surface area contributed by atoms with Crippen molar-refractivity contribution in [3.05, 3.63) is 64.5 Å². The highest BCUT2D eigenvalue weighted by molar-refractivity contribution is 5.95. The number of rotatable bonds is 4. The Morgan fingerprint density at radius 3 is 2.66 bits per heavy atom. The van der Waals surface area contributed by atoms with E-state index in [1.54, 1.807) is 18.3 Å². The van der Waals surface area contributed by atoms with Crippen molar-refractivity contribution in [2.24, 2.45) is 5.10 Å². The Balaban J connectivity index is 1.87. The van der Waals surface area contributed by atoms with Gasteiger partial charge in [0.1, 0.15) is 5.82 Å². The summed E-state index contributed by atoms with van der Waals surface area (Å²) in [5.41, 5.74) is 7.11. The van der Waals surface area contributed by atoms with Gasteiger partial charge in [0.25, 0.3) is 5.91 Å². The Labute approximate surface area is 172 Å². The highest BCUT2D eigenvalue weighted by Crippen LogP contribution is 2.45. The lowest BCUT2D eigenvalue weighted by molar-refractivity contribution is 0.0951. The van der Waals surface area contributed by atoms with Gasteiger partial charge >= 0.3 is 0 Å². The lowest BCUT2D eigenvalue weighted by atomic mass is 9.78. The zero-order valence-electron chi connectivity index (χ0n) is 18.1. The summed E-state index contributed by atoms with van der Waals surface area (Å²) in [6, 6.07) is 10.7. The zero-order chi connectivity index (χ0) is 21.3. The molecule has 1 amide bonds. The van der Waals surface area contributed by atoms with Crippen LogP contribution in [0.5, 0.6) is 0 Å². The van der Waals surface area contributed by atoms with Crippen LogP contribution in [0.2, 0.25) is 0 Å². The molecule has 1 N–H and O–H groups in total. The van der Waals surface area contributed by atoms with Crippen LogP contribution < -0.4 is 10.3 Å². The maximum absolute atomic E-state index is 13.7. The normalized spacial score (nSPS) is 18.2. The number of hydrazone groups is 1. The molecule has 1 aliphatic rings. The van der Waals surface area contributed by atoms with Gasteiger partial charge in [-0.2, -0.15) is 5.10 Å². The van der Waals surface area contributed by atoms with Gasteiger partial charge in [-0.1, -0.05) is 19.1 Å². The molecule has 0 spiro atoms. The van der Waals surface area contributed by atoms with Gasteiger partial charge in [0, 0.05) is 17.3 Å². The van der Waals surface area contributed by atoms with Crippen LogP contribution in [-0.2, 0) is 0 Å². The van der Waals surface area contributed by atoms with Crippen LogP contribution in [-0.4, -0.2) is 23.7 Å². The molecule has 0 bridgehead atoms. The van der Waals surface area contributed by atoms with Gasteiger partial charge in [0.2, 0.25) is 0 Å². The highest BCUT2D eigenvalue weighted by atomic mass is 19.1. The maximum Gasteiger partial charge on any atom is 0.274 e. The third-order valence-corrected chi connectivity index (χ3v) is 5.67. The third-order valence-electron chi connectivity index (χ3n) is 5.67. The smallest absolute Gasteiger partial charge is 0.274 e. The number of nitrogens with zero attached hydrogens (tertiary/aromatic N) is 2. The fourth-order valence-electron chi connectivity index (χ4n) is 4.60. The summed E-state index contributed by atoms with van der Waals surface area (Å²) >= 11 is 0. The number of fused-ring (bicyclic) bond motifs is 1. The predicted molar refractivity (Wildman–Crippen MR) is 117 cm³/mol. The number of halogens is 1. The first-order valence-electron chi connectivity index (χ1n) is 10.1. The lowest BCUT2D eigenvalue weighted by Gasteiger charge is -2.50. The molecule has 0 fully saturated rings. The van der Waals surface area contributed by atoms with E-state index < -0.39 is 11.7 Å². The SMILES string of the molecule is Cc1cc2c(cc1/C=N\NC(=O)c1ccccc1F)[C@H](C)CC(C)(C)N2C(C)C. The highest BCUT2D eigenvalue weighted by Gasteiger charge is 2.37. The Hall–Kier alpha value is -2.69. The summed E-state index contributed by atoms with van der Waals surface area (Å²) in [5.74, 6) is -0.692. The van der Waals surface area contributed by atoms with E-state index in [0.717, 1.165) is 17.5 Å². The van der Waals surface area contributed by atoms with Gasteiger partial charge in [0.05, 0.1) is 11.8 Å². The van der Waals surface area contributed by atoms with Gasteiger partial charge in [-0.05, 0) is 87.9 Å². The molecule has 1 heterocycles. The van der Waals surface area contributed by atoms with Gasteiger partial charge < -0.3 is 4.90 Å². The number of carbonyl (C=O) groups excluding carboxylic acids is 1. The fraction of sp³-hybridized carbons (Fsp3) is 0.417. The second kappa shape index (κ2) is 7.97. The monoisotopic (exact) mass is 395 g/mol. The number of benzene rings is 2. The molecule has 0 saturated heterocycles. The third kappa shape index (κ3) is 4.19. The number of aryl methyl sites for hydroxylation is 1. The minimum atomic E-state index is -0.560. The molecule has 1 atom stereocenters. The molecule has 0 unspecified atom stereocenters. The number of carbonyl (C=O) groups is 1. The van der Waals surface area contributed by atoms with Crippen molar-refractivity contribution in [2.75, 3.05) is 4.90 Å². The van der Waals surface area contributed by atoms with Crippen LogP contribution in [0.3, 0.4) is 0 Å². The molecule has 0 radical (unpaired) electrons. The molecule has 0 aromatic heterocycles. The van der Waals surface area contributed by atoms with E-state index >= 15 is 0 Å². The molecule has 29 heavy (non-hydrogen) atoms. The molecule has 1 aliphatic heterocycles. The van der Waals surface area contributed by atoms with E-state index in [2.05, 4.69) is 62.2 Å². The van der Waals surface area contributed by atoms with Gasteiger partial charge in [-0.3, -0.25) is 4.79 Å². The molecule has 2 aromatic rings. The number of amides is 1. The van der Waals surface area contributed by atoms with E-state index in [4.69, 9.17) is 0 Å². The van der Waals surface area contributed by atoms with E-state index in [-0.39, 0.29) is 11.1 Å². The zero-order valence-corrected chi connectivity index (χ0v) is 18.1. The van der Waals surface area contributed by atoms with Crippen LogP contribution in [0.15, 0.2) is 41.5 Å². The first kappa shape index (κ1) is 21.0. The van der Waals surface area contributed by atoms with Crippen LogP contribution in [0, 0.1) is 12.7 Å². The quantitative estimate of drug-likeness (QED) is 0.556. The van der Waals surface area contributed by atoms with E-state index in [0.29, 0.717) is 12.0 Å². The Kier molecular flexibility index (Phi) is 5.78. The summed E-state index contributed by atoms with van der Waals surface area (Å²) in [5, 5.41) is 4.07. The van der Waals surface area contributed by atoms with Crippen LogP contribution in [0.1, 0.15) is 74.0 Å². The Bertz CT molecular complexity index is 949. The number of anilines is 1. The lowest BCUT2D eigenvalue weighted by Crippen LogP contribution is -2.51. The maximum atomic E-state index is 13.7. The van der Waals surface area contributed by atoms with Crippen molar-refractivity contribution in [2.45, 2.75) is 65.5 Å². The van der Waals surface area contributed by atoms with Crippen molar-refractivity contribution in [3.8, 4) is 0 Å². The Morgan fingerprint density at radius 1 is 1.31 bits per heavy atom. The minimum Gasteiger partial charge on any atom is -0.364 e. The number of hydrogen-bond donors (Lipinski definition) is 1. The summed E-state index contributed by atoms with van der Waals surface area (Å²) < 4.78 is 13.7. The molecule has 2 aromatic carbocycles. The topological polar surface area (TPSA) is 44.7 Å². The molecular formula is C24H30FN3O. The predicted octanol–water partition coefficient (Wildman–Crippen LogP) is 5.40. The van der Waals surface area contributed by atoms with Gasteiger partial charge in [-0.25, -0.2) is 9.82 Å². The average molecular weight is 396 g/mol. The molecule has 5 heteroatoms. The Morgan fingerprint density at radius 2 is 2.00 bits per heavy atom. The molecule has 4 nitrogen and oxygen atoms in total. The summed E-state index contributed by atoms with van der Waals surface area (Å²) in [4.78, 5) is 14.6. The van der Waals surface area contributed by atoms with Crippen LogP contribution in [0.4, 0.5) is 10.1 Å². The van der Waals surface area contributed by atoms with Crippen molar-refractivity contribution in [3.63, 3.8) is 0 Å². The van der Waals surface area contributed by atoms with Crippen molar-refractivity contribution in [1.82, 2.24) is 5.43 Å². The molecule has 0 saturated carbocycles.